The number of fused-ring (bicyclic) bond motifs is 1. The molecular weight excluding hydrogens is 410 g/mol. The maximum Gasteiger partial charge on any atom is 0.341 e. The Labute approximate surface area is 184 Å². The molecule has 1 saturated carbocycles. The van der Waals surface area contributed by atoms with Crippen molar-refractivity contribution >= 4 is 28.2 Å². The predicted molar refractivity (Wildman–Crippen MR) is 121 cm³/mol. The van der Waals surface area contributed by atoms with Gasteiger partial charge in [0.25, 0.3) is 0 Å². The van der Waals surface area contributed by atoms with E-state index >= 15 is 0 Å². The Hall–Kier alpha value is -3.33. The number of hydrogen-bond acceptors (Lipinski definition) is 7. The lowest BCUT2D eigenvalue weighted by molar-refractivity contribution is 0.0695. The number of hydrogen-bond donors (Lipinski definition) is 3. The molecule has 0 amide bonds. The SMILES string of the molecule is Cc1cnc(C(N)C2CCN(c3cc(N)c4c(=O)c(C(=O)O)cn(C5CC5)c4c3C)C2)o1. The zero-order chi connectivity index (χ0) is 22.7. The van der Waals surface area contributed by atoms with Gasteiger partial charge in [-0.3, -0.25) is 4.79 Å². The van der Waals surface area contributed by atoms with E-state index < -0.39 is 11.4 Å². The number of aromatic carboxylic acids is 1. The Bertz CT molecular complexity index is 1290. The van der Waals surface area contributed by atoms with Crippen molar-refractivity contribution in [2.45, 2.75) is 45.2 Å². The van der Waals surface area contributed by atoms with Crippen LogP contribution in [0.3, 0.4) is 0 Å². The molecule has 1 aliphatic carbocycles. The first-order chi connectivity index (χ1) is 15.3. The number of benzene rings is 1. The zero-order valence-electron chi connectivity index (χ0n) is 18.2. The highest BCUT2D eigenvalue weighted by Crippen LogP contribution is 2.42. The molecule has 2 fully saturated rings. The number of aryl methyl sites for hydroxylation is 2. The van der Waals surface area contributed by atoms with Crippen LogP contribution in [-0.4, -0.2) is 33.7 Å². The molecule has 1 aromatic carbocycles. The third-order valence-electron chi connectivity index (χ3n) is 6.72. The fraction of sp³-hybridized carbons (Fsp3) is 0.435. The molecule has 0 radical (unpaired) electrons. The highest BCUT2D eigenvalue weighted by atomic mass is 16.4. The van der Waals surface area contributed by atoms with Crippen LogP contribution in [0.2, 0.25) is 0 Å². The average molecular weight is 438 g/mol. The Balaban J connectivity index is 1.57. The molecule has 0 spiro atoms. The van der Waals surface area contributed by atoms with E-state index in [1.807, 2.05) is 18.4 Å². The van der Waals surface area contributed by atoms with Crippen LogP contribution in [0.25, 0.3) is 10.9 Å². The van der Waals surface area contributed by atoms with Crippen LogP contribution in [0, 0.1) is 19.8 Å². The number of aromatic nitrogens is 2. The van der Waals surface area contributed by atoms with Crippen molar-refractivity contribution in [3.63, 3.8) is 0 Å². The van der Waals surface area contributed by atoms with E-state index in [0.29, 0.717) is 17.0 Å². The number of anilines is 2. The number of nitrogen functional groups attached to an aromatic ring is 1. The lowest BCUT2D eigenvalue weighted by Crippen LogP contribution is -2.27. The van der Waals surface area contributed by atoms with E-state index in [9.17, 15) is 14.7 Å². The molecule has 1 aliphatic heterocycles. The Morgan fingerprint density at radius 2 is 2.06 bits per heavy atom. The first-order valence-corrected chi connectivity index (χ1v) is 10.9. The van der Waals surface area contributed by atoms with Crippen LogP contribution in [-0.2, 0) is 0 Å². The molecule has 32 heavy (non-hydrogen) atoms. The van der Waals surface area contributed by atoms with Crippen molar-refractivity contribution in [2.24, 2.45) is 11.7 Å². The maximum absolute atomic E-state index is 12.9. The molecule has 2 aromatic heterocycles. The van der Waals surface area contributed by atoms with E-state index in [1.54, 1.807) is 12.3 Å². The van der Waals surface area contributed by atoms with Crippen molar-refractivity contribution in [3.8, 4) is 0 Å². The first-order valence-electron chi connectivity index (χ1n) is 10.9. The summed E-state index contributed by atoms with van der Waals surface area (Å²) in [6.07, 6.45) is 5.95. The van der Waals surface area contributed by atoms with Crippen molar-refractivity contribution < 1.29 is 14.3 Å². The number of carboxylic acids is 1. The number of oxazole rings is 1. The van der Waals surface area contributed by atoms with Gasteiger partial charge in [-0.25, -0.2) is 9.78 Å². The van der Waals surface area contributed by atoms with E-state index in [-0.39, 0.29) is 23.6 Å². The third-order valence-corrected chi connectivity index (χ3v) is 6.72. The molecule has 5 N–H and O–H groups in total. The monoisotopic (exact) mass is 437 g/mol. The van der Waals surface area contributed by atoms with Crippen molar-refractivity contribution in [1.29, 1.82) is 0 Å². The highest BCUT2D eigenvalue weighted by molar-refractivity contribution is 6.01. The summed E-state index contributed by atoms with van der Waals surface area (Å²) < 4.78 is 7.57. The van der Waals surface area contributed by atoms with Gasteiger partial charge in [0, 0.05) is 42.6 Å². The van der Waals surface area contributed by atoms with Gasteiger partial charge in [-0.1, -0.05) is 0 Å². The van der Waals surface area contributed by atoms with Gasteiger partial charge < -0.3 is 30.5 Å². The number of pyridine rings is 1. The summed E-state index contributed by atoms with van der Waals surface area (Å²) in [4.78, 5) is 31.1. The van der Waals surface area contributed by atoms with E-state index in [2.05, 4.69) is 9.88 Å². The quantitative estimate of drug-likeness (QED) is 0.518. The van der Waals surface area contributed by atoms with Gasteiger partial charge in [0.1, 0.15) is 11.3 Å². The molecule has 9 nitrogen and oxygen atoms in total. The van der Waals surface area contributed by atoms with Gasteiger partial charge in [-0.2, -0.15) is 0 Å². The molecule has 3 heterocycles. The van der Waals surface area contributed by atoms with Crippen LogP contribution >= 0.6 is 0 Å². The molecule has 1 saturated heterocycles. The lowest BCUT2D eigenvalue weighted by Gasteiger charge is -2.25. The number of carboxylic acid groups (broad SMARTS) is 1. The number of carbonyl (C=O) groups is 1. The van der Waals surface area contributed by atoms with Gasteiger partial charge in [-0.15, -0.1) is 0 Å². The average Bonchev–Trinajstić information content (AvgIpc) is 3.31. The van der Waals surface area contributed by atoms with Crippen LogP contribution in [0.4, 0.5) is 11.4 Å². The fourth-order valence-electron chi connectivity index (χ4n) is 4.88. The van der Waals surface area contributed by atoms with E-state index in [4.69, 9.17) is 15.9 Å². The van der Waals surface area contributed by atoms with E-state index in [1.165, 1.54) is 6.20 Å². The van der Waals surface area contributed by atoms with Crippen LogP contribution < -0.4 is 21.8 Å². The van der Waals surface area contributed by atoms with Gasteiger partial charge in [0.15, 0.2) is 0 Å². The van der Waals surface area contributed by atoms with Crippen molar-refractivity contribution in [1.82, 2.24) is 9.55 Å². The molecule has 0 bridgehead atoms. The van der Waals surface area contributed by atoms with Crippen molar-refractivity contribution in [2.75, 3.05) is 23.7 Å². The normalized spacial score (nSPS) is 19.6. The summed E-state index contributed by atoms with van der Waals surface area (Å²) in [5.41, 5.74) is 14.9. The Morgan fingerprint density at radius 3 is 2.69 bits per heavy atom. The molecule has 5 rings (SSSR count). The molecule has 2 unspecified atom stereocenters. The highest BCUT2D eigenvalue weighted by Gasteiger charge is 2.33. The Morgan fingerprint density at radius 1 is 1.31 bits per heavy atom. The molecular formula is C23H27N5O4. The fourth-order valence-corrected chi connectivity index (χ4v) is 4.88. The standard InChI is InChI=1S/C23H27N5O4/c1-11-8-26-22(32-11)19(25)13-5-6-27(9-13)17-7-16(24)18-20(12(17)2)28(14-3-4-14)10-15(21(18)29)23(30)31/h7-8,10,13-14,19H,3-6,9,24-25H2,1-2H3,(H,30,31). The zero-order valence-corrected chi connectivity index (χ0v) is 18.2. The number of nitrogens with zero attached hydrogens (tertiary/aromatic N) is 3. The van der Waals surface area contributed by atoms with Crippen LogP contribution in [0.15, 0.2) is 27.7 Å². The summed E-state index contributed by atoms with van der Waals surface area (Å²) in [6, 6.07) is 1.69. The van der Waals surface area contributed by atoms with Gasteiger partial charge in [0.05, 0.1) is 23.1 Å². The van der Waals surface area contributed by atoms with Gasteiger partial charge in [-0.05, 0) is 44.7 Å². The van der Waals surface area contributed by atoms with E-state index in [0.717, 1.165) is 54.9 Å². The minimum Gasteiger partial charge on any atom is -0.477 e. The summed E-state index contributed by atoms with van der Waals surface area (Å²) >= 11 is 0. The minimum atomic E-state index is -1.23. The molecule has 2 atom stereocenters. The largest absolute Gasteiger partial charge is 0.477 e. The van der Waals surface area contributed by atoms with Gasteiger partial charge in [0.2, 0.25) is 11.3 Å². The van der Waals surface area contributed by atoms with Crippen LogP contribution in [0.1, 0.15) is 58.9 Å². The van der Waals surface area contributed by atoms with Crippen LogP contribution in [0.5, 0.6) is 0 Å². The first kappa shape index (κ1) is 20.6. The Kier molecular flexibility index (Phi) is 4.74. The second-order valence-electron chi connectivity index (χ2n) is 8.98. The molecule has 3 aromatic rings. The molecule has 168 valence electrons. The molecule has 2 aliphatic rings. The second-order valence-corrected chi connectivity index (χ2v) is 8.98. The lowest BCUT2D eigenvalue weighted by atomic mass is 9.99. The summed E-state index contributed by atoms with van der Waals surface area (Å²) in [5, 5.41) is 9.82. The van der Waals surface area contributed by atoms with Gasteiger partial charge >= 0.3 is 5.97 Å². The third kappa shape index (κ3) is 3.24. The smallest absolute Gasteiger partial charge is 0.341 e. The second kappa shape index (κ2) is 7.37. The molecule has 9 heteroatoms. The summed E-state index contributed by atoms with van der Waals surface area (Å²) in [5.74, 6) is 0.227. The number of nitrogens with two attached hydrogens (primary N) is 2. The minimum absolute atomic E-state index is 0.171. The summed E-state index contributed by atoms with van der Waals surface area (Å²) in [7, 11) is 0. The van der Waals surface area contributed by atoms with Crippen molar-refractivity contribution in [3.05, 3.63) is 51.5 Å². The predicted octanol–water partition coefficient (Wildman–Crippen LogP) is 2.75. The number of rotatable bonds is 5. The maximum atomic E-state index is 12.9. The topological polar surface area (TPSA) is 141 Å². The summed E-state index contributed by atoms with van der Waals surface area (Å²) in [6.45, 7) is 5.33.